The summed E-state index contributed by atoms with van der Waals surface area (Å²) in [4.78, 5) is 7.64. The number of halogens is 1. The van der Waals surface area contributed by atoms with Crippen molar-refractivity contribution in [3.8, 4) is 5.69 Å². The fraction of sp³-hybridized carbons (Fsp3) is 0.0909. The molecule has 0 aliphatic carbocycles. The first kappa shape index (κ1) is 12.6. The van der Waals surface area contributed by atoms with E-state index < -0.39 is 15.7 Å². The van der Waals surface area contributed by atoms with Gasteiger partial charge in [0.25, 0.3) is 0 Å². The van der Waals surface area contributed by atoms with Crippen LogP contribution in [0.3, 0.4) is 0 Å². The molecule has 0 spiro atoms. The maximum Gasteiger partial charge on any atom is 0.248 e. The van der Waals surface area contributed by atoms with E-state index in [1.807, 2.05) is 0 Å². The fourth-order valence-electron chi connectivity index (χ4n) is 1.67. The molecule has 3 aromatic rings. The molecular weight excluding hydrogens is 285 g/mol. The molecule has 0 saturated carbocycles. The van der Waals surface area contributed by atoms with Gasteiger partial charge in [-0.2, -0.15) is 9.67 Å². The highest BCUT2D eigenvalue weighted by atomic mass is 32.2. The fourth-order valence-corrected chi connectivity index (χ4v) is 2.17. The number of hydrogen-bond acceptors (Lipinski definition) is 6. The second kappa shape index (κ2) is 4.30. The molecular formula is C11H8FN5O2S. The molecule has 9 heteroatoms. The number of nitrogens with zero attached hydrogens (tertiary/aromatic N) is 5. The zero-order chi connectivity index (χ0) is 14.3. The molecule has 0 saturated heterocycles. The van der Waals surface area contributed by atoms with Gasteiger partial charge in [0.1, 0.15) is 5.82 Å². The number of rotatable bonds is 2. The molecule has 2 heterocycles. The van der Waals surface area contributed by atoms with Crippen LogP contribution in [0.25, 0.3) is 16.9 Å². The molecule has 0 aliphatic heterocycles. The lowest BCUT2D eigenvalue weighted by Crippen LogP contribution is -2.05. The lowest BCUT2D eigenvalue weighted by atomic mass is 10.3. The van der Waals surface area contributed by atoms with Gasteiger partial charge in [0.15, 0.2) is 11.2 Å². The molecule has 0 aliphatic rings. The van der Waals surface area contributed by atoms with Crippen LogP contribution in [0.1, 0.15) is 0 Å². The number of fused-ring (bicyclic) bond motifs is 1. The molecule has 7 nitrogen and oxygen atoms in total. The van der Waals surface area contributed by atoms with E-state index >= 15 is 0 Å². The Morgan fingerprint density at radius 1 is 1.30 bits per heavy atom. The second-order valence-electron chi connectivity index (χ2n) is 4.11. The summed E-state index contributed by atoms with van der Waals surface area (Å²) in [5.41, 5.74) is 0.915. The van der Waals surface area contributed by atoms with Crippen LogP contribution in [0, 0.1) is 5.82 Å². The Balaban J connectivity index is 2.27. The first-order chi connectivity index (χ1) is 9.45. The highest BCUT2D eigenvalue weighted by molar-refractivity contribution is 7.90. The quantitative estimate of drug-likeness (QED) is 0.648. The van der Waals surface area contributed by atoms with Crippen LogP contribution in [-0.2, 0) is 9.84 Å². The minimum atomic E-state index is -3.54. The predicted octanol–water partition coefficient (Wildman–Crippen LogP) is 0.753. The van der Waals surface area contributed by atoms with E-state index in [0.29, 0.717) is 11.2 Å². The molecule has 3 rings (SSSR count). The summed E-state index contributed by atoms with van der Waals surface area (Å²) in [7, 11) is -3.54. The average molecular weight is 293 g/mol. The van der Waals surface area contributed by atoms with E-state index in [0.717, 1.165) is 6.26 Å². The molecule has 2 aromatic heterocycles. The van der Waals surface area contributed by atoms with Crippen molar-refractivity contribution >= 4 is 21.0 Å². The summed E-state index contributed by atoms with van der Waals surface area (Å²) in [5, 5.41) is 7.32. The summed E-state index contributed by atoms with van der Waals surface area (Å²) in [6, 6.07) is 5.66. The van der Waals surface area contributed by atoms with Crippen LogP contribution in [0.5, 0.6) is 0 Å². The van der Waals surface area contributed by atoms with E-state index in [-0.39, 0.29) is 10.8 Å². The topological polar surface area (TPSA) is 90.6 Å². The van der Waals surface area contributed by atoms with Gasteiger partial charge in [-0.1, -0.05) is 11.3 Å². The molecule has 0 bridgehead atoms. The van der Waals surface area contributed by atoms with Crippen molar-refractivity contribution in [1.82, 2.24) is 25.0 Å². The third-order valence-corrected chi connectivity index (χ3v) is 3.41. The minimum absolute atomic E-state index is 0.200. The van der Waals surface area contributed by atoms with Crippen molar-refractivity contribution in [3.63, 3.8) is 0 Å². The van der Waals surface area contributed by atoms with Gasteiger partial charge >= 0.3 is 0 Å². The van der Waals surface area contributed by atoms with E-state index in [4.69, 9.17) is 0 Å². The first-order valence-corrected chi connectivity index (χ1v) is 7.39. The summed E-state index contributed by atoms with van der Waals surface area (Å²) in [6.45, 7) is 0. The van der Waals surface area contributed by atoms with Gasteiger partial charge in [-0.05, 0) is 18.2 Å². The Hall–Kier alpha value is -2.42. The third-order valence-electron chi connectivity index (χ3n) is 2.55. The molecule has 0 fully saturated rings. The van der Waals surface area contributed by atoms with Crippen LogP contribution in [-0.4, -0.2) is 39.6 Å². The normalized spacial score (nSPS) is 11.9. The molecule has 0 atom stereocenters. The first-order valence-electron chi connectivity index (χ1n) is 5.49. The van der Waals surface area contributed by atoms with Gasteiger partial charge < -0.3 is 0 Å². The van der Waals surface area contributed by atoms with Crippen LogP contribution in [0.4, 0.5) is 4.39 Å². The van der Waals surface area contributed by atoms with E-state index in [1.54, 1.807) is 6.07 Å². The Morgan fingerprint density at radius 2 is 2.10 bits per heavy atom. The summed E-state index contributed by atoms with van der Waals surface area (Å²) in [5.74, 6) is -0.441. The zero-order valence-corrected chi connectivity index (χ0v) is 11.0. The summed E-state index contributed by atoms with van der Waals surface area (Å²) >= 11 is 0. The maximum atomic E-state index is 13.2. The lowest BCUT2D eigenvalue weighted by molar-refractivity contribution is 0.593. The van der Waals surface area contributed by atoms with Gasteiger partial charge in [-0.15, -0.1) is 5.10 Å². The van der Waals surface area contributed by atoms with Crippen molar-refractivity contribution in [2.45, 2.75) is 5.16 Å². The standard InChI is InChI=1S/C11H8FN5O2S/c1-20(18,19)11-13-6-9-10(14-11)17(16-15-9)8-4-2-3-7(12)5-8/h2-6H,1H3. The van der Waals surface area contributed by atoms with Crippen LogP contribution >= 0.6 is 0 Å². The van der Waals surface area contributed by atoms with Crippen molar-refractivity contribution in [2.24, 2.45) is 0 Å². The number of benzene rings is 1. The smallest absolute Gasteiger partial charge is 0.224 e. The van der Waals surface area contributed by atoms with Gasteiger partial charge in [0.2, 0.25) is 15.0 Å². The van der Waals surface area contributed by atoms with Crippen molar-refractivity contribution in [2.75, 3.05) is 6.26 Å². The second-order valence-corrected chi connectivity index (χ2v) is 6.02. The van der Waals surface area contributed by atoms with E-state index in [1.165, 1.54) is 29.1 Å². The Bertz CT molecular complexity index is 906. The molecule has 0 unspecified atom stereocenters. The van der Waals surface area contributed by atoms with Crippen molar-refractivity contribution < 1.29 is 12.8 Å². The number of aromatic nitrogens is 5. The monoisotopic (exact) mass is 293 g/mol. The van der Waals surface area contributed by atoms with Gasteiger partial charge in [0, 0.05) is 6.26 Å². The third kappa shape index (κ3) is 2.11. The van der Waals surface area contributed by atoms with Gasteiger partial charge in [0.05, 0.1) is 11.9 Å². The van der Waals surface area contributed by atoms with Crippen LogP contribution < -0.4 is 0 Å². The van der Waals surface area contributed by atoms with Crippen molar-refractivity contribution in [3.05, 3.63) is 36.3 Å². The molecule has 20 heavy (non-hydrogen) atoms. The average Bonchev–Trinajstić information content (AvgIpc) is 2.80. The Labute approximate surface area is 113 Å². The van der Waals surface area contributed by atoms with Gasteiger partial charge in [-0.25, -0.2) is 17.8 Å². The largest absolute Gasteiger partial charge is 0.248 e. The number of hydrogen-bond donors (Lipinski definition) is 0. The minimum Gasteiger partial charge on any atom is -0.224 e. The van der Waals surface area contributed by atoms with Crippen molar-refractivity contribution in [1.29, 1.82) is 0 Å². The SMILES string of the molecule is CS(=O)(=O)c1ncc2nnn(-c3cccc(F)c3)c2n1. The molecule has 0 N–H and O–H groups in total. The van der Waals surface area contributed by atoms with Crippen LogP contribution in [0.15, 0.2) is 35.6 Å². The molecule has 0 amide bonds. The van der Waals surface area contributed by atoms with Crippen LogP contribution in [0.2, 0.25) is 0 Å². The Kier molecular flexibility index (Phi) is 2.71. The highest BCUT2D eigenvalue weighted by Crippen LogP contribution is 2.15. The lowest BCUT2D eigenvalue weighted by Gasteiger charge is -2.02. The predicted molar refractivity (Wildman–Crippen MR) is 67.5 cm³/mol. The van der Waals surface area contributed by atoms with E-state index in [9.17, 15) is 12.8 Å². The number of sulfone groups is 1. The highest BCUT2D eigenvalue weighted by Gasteiger charge is 2.15. The molecule has 1 aromatic carbocycles. The maximum absolute atomic E-state index is 13.2. The summed E-state index contributed by atoms with van der Waals surface area (Å²) in [6.07, 6.45) is 2.27. The molecule has 0 radical (unpaired) electrons. The Morgan fingerprint density at radius 3 is 2.80 bits per heavy atom. The summed E-state index contributed by atoms with van der Waals surface area (Å²) < 4.78 is 37.4. The molecule has 102 valence electrons. The van der Waals surface area contributed by atoms with Gasteiger partial charge in [-0.3, -0.25) is 0 Å². The zero-order valence-electron chi connectivity index (χ0n) is 10.2. The van der Waals surface area contributed by atoms with E-state index in [2.05, 4.69) is 20.3 Å².